The molecule has 0 spiro atoms. The number of anilines is 1. The number of nitrogens with one attached hydrogen (secondary N) is 1. The molecule has 0 radical (unpaired) electrons. The van der Waals surface area contributed by atoms with Crippen LogP contribution in [0.1, 0.15) is 58.1 Å². The van der Waals surface area contributed by atoms with Crippen LogP contribution in [0.25, 0.3) is 11.1 Å². The summed E-state index contributed by atoms with van der Waals surface area (Å²) in [4.78, 5) is 32.6. The third kappa shape index (κ3) is 4.54. The van der Waals surface area contributed by atoms with Gasteiger partial charge in [-0.05, 0) is 35.2 Å². The number of carbonyl (C=O) groups excluding carboxylic acids is 2. The maximum Gasteiger partial charge on any atom is 0.247 e. The van der Waals surface area contributed by atoms with E-state index in [0.717, 1.165) is 11.1 Å². The maximum absolute atomic E-state index is 13.3. The predicted molar refractivity (Wildman–Crippen MR) is 125 cm³/mol. The third-order valence-corrected chi connectivity index (χ3v) is 5.75. The maximum atomic E-state index is 13.3. The lowest BCUT2D eigenvalue weighted by atomic mass is 9.92. The molecule has 0 saturated carbocycles. The zero-order valence-electron chi connectivity index (χ0n) is 19.4. The average Bonchev–Trinajstić information content (AvgIpc) is 3.16. The van der Waals surface area contributed by atoms with Crippen molar-refractivity contribution in [1.82, 2.24) is 9.88 Å². The van der Waals surface area contributed by atoms with E-state index in [-0.39, 0.29) is 23.1 Å². The van der Waals surface area contributed by atoms with Gasteiger partial charge in [0, 0.05) is 30.5 Å². The number of hydrogen-bond donors (Lipinski definition) is 1. The number of aromatic nitrogens is 1. The van der Waals surface area contributed by atoms with Crippen molar-refractivity contribution in [2.45, 2.75) is 65.5 Å². The predicted octanol–water partition coefficient (Wildman–Crippen LogP) is 5.06. The summed E-state index contributed by atoms with van der Waals surface area (Å²) >= 11 is 0. The molecule has 2 aromatic carbocycles. The summed E-state index contributed by atoms with van der Waals surface area (Å²) < 4.78 is 5.86. The Labute approximate surface area is 189 Å². The molecule has 1 atom stereocenters. The fourth-order valence-corrected chi connectivity index (χ4v) is 4.04. The molecule has 168 valence electrons. The van der Waals surface area contributed by atoms with Crippen LogP contribution in [-0.4, -0.2) is 27.7 Å². The Balaban J connectivity index is 1.59. The van der Waals surface area contributed by atoms with Crippen molar-refractivity contribution in [1.29, 1.82) is 0 Å². The Kier molecular flexibility index (Phi) is 5.80. The molecule has 2 amide bonds. The second-order valence-corrected chi connectivity index (χ2v) is 10.0. The van der Waals surface area contributed by atoms with Gasteiger partial charge in [0.25, 0.3) is 0 Å². The highest BCUT2D eigenvalue weighted by molar-refractivity contribution is 5.98. The first-order valence-electron chi connectivity index (χ1n) is 11.2. The number of fused-ring (bicyclic) bond motifs is 2. The fraction of sp³-hybridized carbons (Fsp3) is 0.423. The minimum atomic E-state index is -0.547. The Bertz CT molecular complexity index is 1160. The molecule has 2 heterocycles. The van der Waals surface area contributed by atoms with Crippen molar-refractivity contribution < 1.29 is 14.0 Å². The molecule has 32 heavy (non-hydrogen) atoms. The molecule has 0 aliphatic carbocycles. The molecule has 1 aliphatic heterocycles. The van der Waals surface area contributed by atoms with E-state index in [4.69, 9.17) is 4.42 Å². The minimum Gasteiger partial charge on any atom is -0.440 e. The highest BCUT2D eigenvalue weighted by Crippen LogP contribution is 2.29. The average molecular weight is 434 g/mol. The number of nitrogens with zero attached hydrogens (tertiary/aromatic N) is 2. The Morgan fingerprint density at radius 3 is 2.56 bits per heavy atom. The Morgan fingerprint density at radius 2 is 1.88 bits per heavy atom. The minimum absolute atomic E-state index is 0.0106. The summed E-state index contributed by atoms with van der Waals surface area (Å²) in [7, 11) is 0. The van der Waals surface area contributed by atoms with E-state index in [0.29, 0.717) is 42.1 Å². The molecule has 1 N–H and O–H groups in total. The van der Waals surface area contributed by atoms with Crippen LogP contribution < -0.4 is 5.32 Å². The van der Waals surface area contributed by atoms with Crippen LogP contribution >= 0.6 is 0 Å². The molecule has 0 saturated heterocycles. The largest absolute Gasteiger partial charge is 0.440 e. The summed E-state index contributed by atoms with van der Waals surface area (Å²) in [6.45, 7) is 10.6. The zero-order chi connectivity index (χ0) is 23.0. The number of oxazole rings is 1. The zero-order valence-corrected chi connectivity index (χ0v) is 19.4. The first-order chi connectivity index (χ1) is 15.1. The van der Waals surface area contributed by atoms with Crippen LogP contribution in [0, 0.1) is 5.92 Å². The van der Waals surface area contributed by atoms with E-state index in [9.17, 15) is 9.59 Å². The standard InChI is InChI=1S/C26H31N3O3/c1-16(2)12-23(30)29-15-18-9-7-6-8-17(18)13-21(29)24(31)27-19-10-11-22-20(14-19)28-25(32-22)26(3,4)5/h6-11,14,16,21H,12-13,15H2,1-5H3,(H,27,31). The van der Waals surface area contributed by atoms with Crippen molar-refractivity contribution in [2.24, 2.45) is 5.92 Å². The van der Waals surface area contributed by atoms with Gasteiger partial charge in [0.15, 0.2) is 5.58 Å². The summed E-state index contributed by atoms with van der Waals surface area (Å²) in [6, 6.07) is 12.9. The van der Waals surface area contributed by atoms with Crippen LogP contribution in [0.4, 0.5) is 5.69 Å². The molecule has 4 rings (SSSR count). The van der Waals surface area contributed by atoms with Crippen LogP contribution in [-0.2, 0) is 28.0 Å². The molecule has 1 unspecified atom stereocenters. The highest BCUT2D eigenvalue weighted by Gasteiger charge is 2.34. The van der Waals surface area contributed by atoms with Gasteiger partial charge in [0.1, 0.15) is 11.6 Å². The van der Waals surface area contributed by atoms with Gasteiger partial charge in [-0.1, -0.05) is 58.9 Å². The Morgan fingerprint density at radius 1 is 1.16 bits per heavy atom. The molecule has 3 aromatic rings. The first-order valence-corrected chi connectivity index (χ1v) is 11.2. The summed E-state index contributed by atoms with van der Waals surface area (Å²) in [6.07, 6.45) is 0.929. The third-order valence-electron chi connectivity index (χ3n) is 5.75. The SMILES string of the molecule is CC(C)CC(=O)N1Cc2ccccc2CC1C(=O)Nc1ccc2oc(C(C)(C)C)nc2c1. The van der Waals surface area contributed by atoms with Crippen molar-refractivity contribution in [3.8, 4) is 0 Å². The highest BCUT2D eigenvalue weighted by atomic mass is 16.3. The van der Waals surface area contributed by atoms with Crippen molar-refractivity contribution in [2.75, 3.05) is 5.32 Å². The lowest BCUT2D eigenvalue weighted by molar-refractivity contribution is -0.140. The lowest BCUT2D eigenvalue weighted by Gasteiger charge is -2.36. The van der Waals surface area contributed by atoms with Crippen LogP contribution in [0.5, 0.6) is 0 Å². The smallest absolute Gasteiger partial charge is 0.247 e. The van der Waals surface area contributed by atoms with Gasteiger partial charge in [-0.3, -0.25) is 9.59 Å². The topological polar surface area (TPSA) is 75.4 Å². The second-order valence-electron chi connectivity index (χ2n) is 10.0. The van der Waals surface area contributed by atoms with Gasteiger partial charge in [0.05, 0.1) is 0 Å². The van der Waals surface area contributed by atoms with E-state index in [1.54, 1.807) is 4.90 Å². The molecule has 1 aromatic heterocycles. The summed E-state index contributed by atoms with van der Waals surface area (Å²) in [5.74, 6) is 0.715. The van der Waals surface area contributed by atoms with Gasteiger partial charge < -0.3 is 14.6 Å². The van der Waals surface area contributed by atoms with Crippen molar-refractivity contribution >= 4 is 28.6 Å². The van der Waals surface area contributed by atoms with Gasteiger partial charge in [-0.25, -0.2) is 4.98 Å². The van der Waals surface area contributed by atoms with Crippen LogP contribution in [0.15, 0.2) is 46.9 Å². The molecule has 6 heteroatoms. The molecular formula is C26H31N3O3. The van der Waals surface area contributed by atoms with Gasteiger partial charge in [0.2, 0.25) is 17.7 Å². The molecule has 1 aliphatic rings. The van der Waals surface area contributed by atoms with Gasteiger partial charge in [-0.2, -0.15) is 0 Å². The summed E-state index contributed by atoms with van der Waals surface area (Å²) in [5.41, 5.74) is 4.05. The monoisotopic (exact) mass is 433 g/mol. The van der Waals surface area contributed by atoms with E-state index in [2.05, 4.69) is 10.3 Å². The molecule has 6 nitrogen and oxygen atoms in total. The number of rotatable bonds is 4. The van der Waals surface area contributed by atoms with Gasteiger partial charge in [-0.15, -0.1) is 0 Å². The molecular weight excluding hydrogens is 402 g/mol. The fourth-order valence-electron chi connectivity index (χ4n) is 4.04. The lowest BCUT2D eigenvalue weighted by Crippen LogP contribution is -2.50. The van der Waals surface area contributed by atoms with Gasteiger partial charge >= 0.3 is 0 Å². The number of benzene rings is 2. The number of hydrogen-bond acceptors (Lipinski definition) is 4. The van der Waals surface area contributed by atoms with E-state index < -0.39 is 6.04 Å². The first kappa shape index (κ1) is 22.1. The van der Waals surface area contributed by atoms with Crippen LogP contribution in [0.2, 0.25) is 0 Å². The quantitative estimate of drug-likeness (QED) is 0.624. The molecule has 0 fully saturated rings. The number of carbonyl (C=O) groups is 2. The van der Waals surface area contributed by atoms with E-state index in [1.807, 2.05) is 77.1 Å². The summed E-state index contributed by atoms with van der Waals surface area (Å²) in [5, 5.41) is 3.01. The number of amides is 2. The van der Waals surface area contributed by atoms with Crippen molar-refractivity contribution in [3.63, 3.8) is 0 Å². The second kappa shape index (κ2) is 8.41. The normalized spacial score (nSPS) is 16.3. The van der Waals surface area contributed by atoms with E-state index in [1.165, 1.54) is 0 Å². The van der Waals surface area contributed by atoms with Crippen LogP contribution in [0.3, 0.4) is 0 Å². The van der Waals surface area contributed by atoms with Crippen molar-refractivity contribution in [3.05, 3.63) is 59.5 Å². The molecule has 0 bridgehead atoms. The van der Waals surface area contributed by atoms with E-state index >= 15 is 0 Å². The Hall–Kier alpha value is -3.15.